The minimum absolute atomic E-state index is 1.06. The summed E-state index contributed by atoms with van der Waals surface area (Å²) >= 11 is 0. The molecule has 0 saturated heterocycles. The van der Waals surface area contributed by atoms with Gasteiger partial charge in [0.2, 0.25) is 0 Å². The maximum absolute atomic E-state index is 2.31. The fourth-order valence-corrected chi connectivity index (χ4v) is 3.98. The molecule has 1 aliphatic carbocycles. The first-order valence-electron chi connectivity index (χ1n) is 9.17. The highest BCUT2D eigenvalue weighted by atomic mass is 14.2. The van der Waals surface area contributed by atoms with E-state index in [4.69, 9.17) is 0 Å². The van der Waals surface area contributed by atoms with E-state index in [0.29, 0.717) is 0 Å². The zero-order valence-corrected chi connectivity index (χ0v) is 14.4. The van der Waals surface area contributed by atoms with Crippen molar-refractivity contribution in [3.8, 4) is 22.3 Å². The zero-order chi connectivity index (χ0) is 16.4. The molecule has 0 N–H and O–H groups in total. The predicted octanol–water partition coefficient (Wildman–Crippen LogP) is 6.66. The molecule has 0 heterocycles. The summed E-state index contributed by atoms with van der Waals surface area (Å²) in [6.07, 6.45) is 6.11. The van der Waals surface area contributed by atoms with Crippen LogP contribution in [0.3, 0.4) is 0 Å². The summed E-state index contributed by atoms with van der Waals surface area (Å²) in [5.74, 6) is 0. The molecule has 0 spiro atoms. The minimum atomic E-state index is 1.06. The molecule has 0 aliphatic heterocycles. The Morgan fingerprint density at radius 1 is 0.667 bits per heavy atom. The van der Waals surface area contributed by atoms with Crippen molar-refractivity contribution in [1.82, 2.24) is 0 Å². The molecular formula is C24H24. The molecule has 4 rings (SSSR count). The van der Waals surface area contributed by atoms with E-state index in [1.165, 1.54) is 64.6 Å². The van der Waals surface area contributed by atoms with Crippen molar-refractivity contribution >= 4 is 0 Å². The SMILES string of the molecule is CCCCCc1ccccc1-c1cccc2c1Cc1ccccc1-2. The number of hydrogen-bond donors (Lipinski definition) is 0. The van der Waals surface area contributed by atoms with E-state index in [-0.39, 0.29) is 0 Å². The van der Waals surface area contributed by atoms with E-state index >= 15 is 0 Å². The van der Waals surface area contributed by atoms with Gasteiger partial charge in [0.05, 0.1) is 0 Å². The average Bonchev–Trinajstić information content (AvgIpc) is 3.01. The van der Waals surface area contributed by atoms with Crippen molar-refractivity contribution in [1.29, 1.82) is 0 Å². The van der Waals surface area contributed by atoms with Crippen LogP contribution in [0.15, 0.2) is 66.7 Å². The van der Waals surface area contributed by atoms with E-state index in [1.54, 1.807) is 0 Å². The average molecular weight is 312 g/mol. The molecule has 0 radical (unpaired) electrons. The Hall–Kier alpha value is -2.34. The van der Waals surface area contributed by atoms with Gasteiger partial charge in [-0.05, 0) is 58.2 Å². The van der Waals surface area contributed by atoms with Gasteiger partial charge in [-0.2, -0.15) is 0 Å². The summed E-state index contributed by atoms with van der Waals surface area (Å²) in [6.45, 7) is 2.27. The highest BCUT2D eigenvalue weighted by molar-refractivity contribution is 5.85. The van der Waals surface area contributed by atoms with Gasteiger partial charge in [-0.15, -0.1) is 0 Å². The summed E-state index contributed by atoms with van der Waals surface area (Å²) in [5.41, 5.74) is 10.2. The number of hydrogen-bond acceptors (Lipinski definition) is 0. The van der Waals surface area contributed by atoms with Crippen LogP contribution in [0.25, 0.3) is 22.3 Å². The standard InChI is InChI=1S/C24H24/c1-2-3-4-10-18-11-5-7-13-20(18)22-15-9-16-23-21-14-8-6-12-19(21)17-24(22)23/h5-9,11-16H,2-4,10,17H2,1H3. The third kappa shape index (κ3) is 2.67. The Bertz CT molecular complexity index is 857. The van der Waals surface area contributed by atoms with Crippen LogP contribution in [-0.4, -0.2) is 0 Å². The van der Waals surface area contributed by atoms with Crippen molar-refractivity contribution in [3.63, 3.8) is 0 Å². The molecule has 0 atom stereocenters. The maximum atomic E-state index is 2.31. The van der Waals surface area contributed by atoms with Gasteiger partial charge >= 0.3 is 0 Å². The maximum Gasteiger partial charge on any atom is -0.000728 e. The van der Waals surface area contributed by atoms with Crippen molar-refractivity contribution in [2.45, 2.75) is 39.0 Å². The number of aryl methyl sites for hydroxylation is 1. The van der Waals surface area contributed by atoms with Gasteiger partial charge in [-0.1, -0.05) is 86.5 Å². The summed E-state index contributed by atoms with van der Waals surface area (Å²) < 4.78 is 0. The van der Waals surface area contributed by atoms with E-state index in [0.717, 1.165) is 6.42 Å². The lowest BCUT2D eigenvalue weighted by Gasteiger charge is -2.13. The Balaban J connectivity index is 1.77. The second-order valence-electron chi connectivity index (χ2n) is 6.78. The topological polar surface area (TPSA) is 0 Å². The van der Waals surface area contributed by atoms with Gasteiger partial charge in [-0.3, -0.25) is 0 Å². The summed E-state index contributed by atoms with van der Waals surface area (Å²) in [7, 11) is 0. The lowest BCUT2D eigenvalue weighted by Crippen LogP contribution is -1.94. The zero-order valence-electron chi connectivity index (χ0n) is 14.4. The van der Waals surface area contributed by atoms with Crippen molar-refractivity contribution in [3.05, 3.63) is 83.4 Å². The molecule has 3 aromatic rings. The van der Waals surface area contributed by atoms with Gasteiger partial charge in [0.1, 0.15) is 0 Å². The molecule has 0 nitrogen and oxygen atoms in total. The van der Waals surface area contributed by atoms with E-state index < -0.39 is 0 Å². The molecule has 120 valence electrons. The van der Waals surface area contributed by atoms with E-state index in [9.17, 15) is 0 Å². The van der Waals surface area contributed by atoms with Crippen LogP contribution in [0.5, 0.6) is 0 Å². The highest BCUT2D eigenvalue weighted by Crippen LogP contribution is 2.42. The van der Waals surface area contributed by atoms with Crippen LogP contribution >= 0.6 is 0 Å². The van der Waals surface area contributed by atoms with E-state index in [1.807, 2.05) is 0 Å². The highest BCUT2D eigenvalue weighted by Gasteiger charge is 2.21. The molecular weight excluding hydrogens is 288 g/mol. The van der Waals surface area contributed by atoms with Crippen LogP contribution in [0.2, 0.25) is 0 Å². The molecule has 0 fully saturated rings. The first kappa shape index (κ1) is 15.2. The summed E-state index contributed by atoms with van der Waals surface area (Å²) in [4.78, 5) is 0. The van der Waals surface area contributed by atoms with Gasteiger partial charge in [-0.25, -0.2) is 0 Å². The molecule has 0 saturated carbocycles. The monoisotopic (exact) mass is 312 g/mol. The Labute approximate surface area is 145 Å². The molecule has 0 bridgehead atoms. The Morgan fingerprint density at radius 3 is 2.17 bits per heavy atom. The minimum Gasteiger partial charge on any atom is -0.0654 e. The van der Waals surface area contributed by atoms with Crippen LogP contribution in [-0.2, 0) is 12.8 Å². The Morgan fingerprint density at radius 2 is 1.33 bits per heavy atom. The summed E-state index contributed by atoms with van der Waals surface area (Å²) in [6, 6.07) is 24.6. The lowest BCUT2D eigenvalue weighted by atomic mass is 9.91. The van der Waals surface area contributed by atoms with Gasteiger partial charge < -0.3 is 0 Å². The second-order valence-corrected chi connectivity index (χ2v) is 6.78. The fraction of sp³-hybridized carbons (Fsp3) is 0.250. The number of fused-ring (bicyclic) bond motifs is 3. The quantitative estimate of drug-likeness (QED) is 0.361. The van der Waals surface area contributed by atoms with Crippen LogP contribution < -0.4 is 0 Å². The molecule has 0 amide bonds. The van der Waals surface area contributed by atoms with Gasteiger partial charge in [0.15, 0.2) is 0 Å². The third-order valence-corrected chi connectivity index (χ3v) is 5.21. The van der Waals surface area contributed by atoms with Crippen LogP contribution in [0.4, 0.5) is 0 Å². The third-order valence-electron chi connectivity index (χ3n) is 5.21. The molecule has 0 unspecified atom stereocenters. The van der Waals surface area contributed by atoms with Gasteiger partial charge in [0.25, 0.3) is 0 Å². The smallest absolute Gasteiger partial charge is 0.000728 e. The van der Waals surface area contributed by atoms with Crippen LogP contribution in [0, 0.1) is 0 Å². The number of unbranched alkanes of at least 4 members (excludes halogenated alkanes) is 2. The van der Waals surface area contributed by atoms with Crippen molar-refractivity contribution < 1.29 is 0 Å². The van der Waals surface area contributed by atoms with Crippen molar-refractivity contribution in [2.75, 3.05) is 0 Å². The largest absolute Gasteiger partial charge is 0.0654 e. The Kier molecular flexibility index (Phi) is 4.21. The molecule has 0 aromatic heterocycles. The lowest BCUT2D eigenvalue weighted by molar-refractivity contribution is 0.718. The first-order chi connectivity index (χ1) is 11.9. The van der Waals surface area contributed by atoms with E-state index in [2.05, 4.69) is 73.7 Å². The molecule has 24 heavy (non-hydrogen) atoms. The number of benzene rings is 3. The predicted molar refractivity (Wildman–Crippen MR) is 103 cm³/mol. The van der Waals surface area contributed by atoms with Gasteiger partial charge in [0, 0.05) is 0 Å². The fourth-order valence-electron chi connectivity index (χ4n) is 3.98. The summed E-state index contributed by atoms with van der Waals surface area (Å²) in [5, 5.41) is 0. The van der Waals surface area contributed by atoms with Crippen LogP contribution in [0.1, 0.15) is 42.9 Å². The second kappa shape index (κ2) is 6.65. The van der Waals surface area contributed by atoms with Crippen molar-refractivity contribution in [2.24, 2.45) is 0 Å². The first-order valence-corrected chi connectivity index (χ1v) is 9.17. The molecule has 1 aliphatic rings. The normalized spacial score (nSPS) is 12.0. The molecule has 0 heteroatoms. The molecule has 3 aromatic carbocycles. The number of rotatable bonds is 5.